The quantitative estimate of drug-likeness (QED) is 0.391. The maximum absolute atomic E-state index is 14.8. The molecule has 0 aromatic carbocycles. The Morgan fingerprint density at radius 3 is 3.07 bits per heavy atom. The molecule has 2 aliphatic rings. The highest BCUT2D eigenvalue weighted by molar-refractivity contribution is 5.81. The van der Waals surface area contributed by atoms with Gasteiger partial charge in [-0.1, -0.05) is 4.98 Å². The first-order valence-corrected chi connectivity index (χ1v) is 8.23. The average molecular weight is 380 g/mol. The Bertz CT molecular complexity index is 1120. The smallest absolute Gasteiger partial charge is 0.393 e. The van der Waals surface area contributed by atoms with Gasteiger partial charge in [-0.25, -0.2) is 9.78 Å². The molecule has 3 aromatic heterocycles. The van der Waals surface area contributed by atoms with Crippen LogP contribution in [0.1, 0.15) is 25.3 Å². The molecule has 1 fully saturated rings. The highest BCUT2D eigenvalue weighted by atomic mass is 19.1. The molecule has 0 saturated carbocycles. The molecule has 0 bridgehead atoms. The Labute approximate surface area is 149 Å². The highest BCUT2D eigenvalue weighted by Gasteiger charge is 2.46. The summed E-state index contributed by atoms with van der Waals surface area (Å²) in [6.45, 7) is 1.34. The summed E-state index contributed by atoms with van der Waals surface area (Å²) in [5.41, 5.74) is -0.627. The second kappa shape index (κ2) is 5.34. The van der Waals surface area contributed by atoms with Gasteiger partial charge in [0.05, 0.1) is 12.7 Å². The number of imidazole rings is 1. The lowest BCUT2D eigenvalue weighted by atomic mass is 10.0. The van der Waals surface area contributed by atoms with E-state index in [0.29, 0.717) is 5.52 Å². The standard InChI is InChI=1S/C15H14FN5O6/c1-15(4-22)7(23)2-8(27-15)20-5-18-9-10-17-3-6-12(26-14(24)25-6)21(10)13(16)19-11(9)20/h5,7-8,22-23H,2-4H2,1H3/p+1/t7-,8+,15+/m0/s1. The minimum absolute atomic E-state index is 0.0874. The van der Waals surface area contributed by atoms with E-state index in [-0.39, 0.29) is 42.7 Å². The molecule has 12 heteroatoms. The van der Waals surface area contributed by atoms with Crippen molar-refractivity contribution in [2.75, 3.05) is 11.9 Å². The Morgan fingerprint density at radius 1 is 1.52 bits per heavy atom. The predicted molar refractivity (Wildman–Crippen MR) is 83.4 cm³/mol. The van der Waals surface area contributed by atoms with Crippen LogP contribution in [0.5, 0.6) is 0 Å². The van der Waals surface area contributed by atoms with Crippen molar-refractivity contribution in [1.82, 2.24) is 14.5 Å². The van der Waals surface area contributed by atoms with Crippen LogP contribution in [-0.4, -0.2) is 43.1 Å². The van der Waals surface area contributed by atoms with Gasteiger partial charge in [0.15, 0.2) is 5.52 Å². The molecule has 3 aromatic rings. The summed E-state index contributed by atoms with van der Waals surface area (Å²) >= 11 is 0. The van der Waals surface area contributed by atoms with Gasteiger partial charge in [0.1, 0.15) is 24.7 Å². The summed E-state index contributed by atoms with van der Waals surface area (Å²) in [5.74, 6) is -0.630. The normalized spacial score (nSPS) is 26.8. The highest BCUT2D eigenvalue weighted by Crippen LogP contribution is 2.38. The third kappa shape index (κ3) is 2.17. The Kier molecular flexibility index (Phi) is 3.24. The van der Waals surface area contributed by atoms with Crippen LogP contribution in [0.2, 0.25) is 0 Å². The number of ether oxygens (including phenoxy) is 1. The fourth-order valence-electron chi connectivity index (χ4n) is 3.46. The molecular weight excluding hydrogens is 365 g/mol. The minimum atomic E-state index is -1.13. The van der Waals surface area contributed by atoms with Crippen molar-refractivity contribution in [2.45, 2.75) is 37.8 Å². The molecule has 1 saturated heterocycles. The van der Waals surface area contributed by atoms with E-state index in [1.54, 1.807) is 6.92 Å². The molecule has 2 aliphatic heterocycles. The van der Waals surface area contributed by atoms with Crippen LogP contribution in [0.15, 0.2) is 20.0 Å². The number of nitrogens with one attached hydrogen (secondary N) is 1. The number of aromatic nitrogens is 4. The third-order valence-corrected chi connectivity index (χ3v) is 5.00. The molecule has 0 spiro atoms. The first-order valence-electron chi connectivity index (χ1n) is 8.23. The van der Waals surface area contributed by atoms with Crippen molar-refractivity contribution in [3.05, 3.63) is 28.8 Å². The van der Waals surface area contributed by atoms with Crippen LogP contribution in [0.3, 0.4) is 0 Å². The molecule has 27 heavy (non-hydrogen) atoms. The van der Waals surface area contributed by atoms with Gasteiger partial charge in [-0.2, -0.15) is 0 Å². The number of hydrogen-bond donors (Lipinski definition) is 3. The molecule has 0 aliphatic carbocycles. The van der Waals surface area contributed by atoms with E-state index in [1.165, 1.54) is 10.9 Å². The van der Waals surface area contributed by atoms with Crippen LogP contribution >= 0.6 is 0 Å². The molecule has 5 rings (SSSR count). The number of aliphatic hydroxyl groups excluding tert-OH is 2. The van der Waals surface area contributed by atoms with Crippen molar-refractivity contribution in [1.29, 1.82) is 0 Å². The number of fused-ring (bicyclic) bond motifs is 5. The molecule has 3 N–H and O–H groups in total. The van der Waals surface area contributed by atoms with Crippen molar-refractivity contribution >= 4 is 17.0 Å². The zero-order valence-electron chi connectivity index (χ0n) is 14.0. The van der Waals surface area contributed by atoms with Gasteiger partial charge in [-0.05, 0) is 6.92 Å². The SMILES string of the molecule is C[C@]1(CO)O[C@@H](n2cnc3c4[n+](c(F)nc32)-c2oc(=O)oc2CN4)C[C@@H]1O. The van der Waals surface area contributed by atoms with E-state index in [1.807, 2.05) is 0 Å². The fraction of sp³-hybridized carbons (Fsp3) is 0.467. The summed E-state index contributed by atoms with van der Waals surface area (Å²) in [5, 5.41) is 22.6. The predicted octanol–water partition coefficient (Wildman–Crippen LogP) is -0.650. The van der Waals surface area contributed by atoms with Gasteiger partial charge in [0.2, 0.25) is 11.4 Å². The Hall–Kier alpha value is -2.83. The lowest BCUT2D eigenvalue weighted by Gasteiger charge is -2.24. The summed E-state index contributed by atoms with van der Waals surface area (Å²) in [7, 11) is 0. The van der Waals surface area contributed by atoms with Crippen LogP contribution < -0.4 is 15.7 Å². The number of halogens is 1. The molecule has 142 valence electrons. The van der Waals surface area contributed by atoms with E-state index in [4.69, 9.17) is 13.6 Å². The molecule has 0 radical (unpaired) electrons. The number of aliphatic hydroxyl groups is 2. The minimum Gasteiger partial charge on any atom is -0.393 e. The van der Waals surface area contributed by atoms with Gasteiger partial charge < -0.3 is 23.8 Å². The van der Waals surface area contributed by atoms with E-state index in [2.05, 4.69) is 15.3 Å². The lowest BCUT2D eigenvalue weighted by molar-refractivity contribution is -0.632. The number of rotatable bonds is 2. The van der Waals surface area contributed by atoms with E-state index in [9.17, 15) is 19.4 Å². The number of hydrogen-bond acceptors (Lipinski definition) is 9. The van der Waals surface area contributed by atoms with Gasteiger partial charge in [0, 0.05) is 6.42 Å². The molecule has 11 nitrogen and oxygen atoms in total. The second-order valence-electron chi connectivity index (χ2n) is 6.72. The summed E-state index contributed by atoms with van der Waals surface area (Å²) < 4.78 is 32.8. The third-order valence-electron chi connectivity index (χ3n) is 5.00. The van der Waals surface area contributed by atoms with Gasteiger partial charge in [0.25, 0.3) is 5.82 Å². The Balaban J connectivity index is 1.66. The second-order valence-corrected chi connectivity index (χ2v) is 6.72. The monoisotopic (exact) mass is 380 g/mol. The summed E-state index contributed by atoms with van der Waals surface area (Å²) in [4.78, 5) is 19.5. The summed E-state index contributed by atoms with van der Waals surface area (Å²) in [6, 6.07) is 0. The first-order chi connectivity index (χ1) is 12.9. The first kappa shape index (κ1) is 16.4. The topological polar surface area (TPSA) is 140 Å². The van der Waals surface area contributed by atoms with Crippen LogP contribution in [0.4, 0.5) is 10.2 Å². The van der Waals surface area contributed by atoms with Crippen molar-refractivity contribution in [3.63, 3.8) is 0 Å². The lowest BCUT2D eigenvalue weighted by Crippen LogP contribution is -2.43. The zero-order valence-corrected chi connectivity index (χ0v) is 14.0. The molecule has 0 unspecified atom stereocenters. The maximum Gasteiger partial charge on any atom is 0.521 e. The van der Waals surface area contributed by atoms with Crippen molar-refractivity contribution < 1.29 is 32.7 Å². The van der Waals surface area contributed by atoms with Gasteiger partial charge in [-0.15, -0.1) is 8.96 Å². The molecule has 3 atom stereocenters. The largest absolute Gasteiger partial charge is 0.521 e. The van der Waals surface area contributed by atoms with Crippen LogP contribution in [0.25, 0.3) is 17.0 Å². The number of anilines is 1. The van der Waals surface area contributed by atoms with Gasteiger partial charge in [-0.3, -0.25) is 9.88 Å². The van der Waals surface area contributed by atoms with E-state index >= 15 is 0 Å². The fourth-order valence-corrected chi connectivity index (χ4v) is 3.46. The zero-order chi connectivity index (χ0) is 18.9. The van der Waals surface area contributed by atoms with Crippen LogP contribution in [-0.2, 0) is 11.3 Å². The van der Waals surface area contributed by atoms with Crippen molar-refractivity contribution in [2.24, 2.45) is 0 Å². The van der Waals surface area contributed by atoms with Crippen LogP contribution in [0, 0.1) is 6.08 Å². The van der Waals surface area contributed by atoms with Crippen molar-refractivity contribution in [3.8, 4) is 5.88 Å². The number of nitrogens with zero attached hydrogens (tertiary/aromatic N) is 4. The average Bonchev–Trinajstić information content (AvgIpc) is 3.30. The molecule has 0 amide bonds. The Morgan fingerprint density at radius 2 is 2.33 bits per heavy atom. The molecular formula is C15H15FN5O6+. The maximum atomic E-state index is 14.8. The van der Waals surface area contributed by atoms with E-state index < -0.39 is 29.8 Å². The molecule has 5 heterocycles. The summed E-state index contributed by atoms with van der Waals surface area (Å²) in [6.07, 6.45) is -0.919. The van der Waals surface area contributed by atoms with E-state index in [0.717, 1.165) is 4.57 Å². The van der Waals surface area contributed by atoms with Gasteiger partial charge >= 0.3 is 17.8 Å².